The van der Waals surface area contributed by atoms with Crippen LogP contribution in [0.3, 0.4) is 0 Å². The highest BCUT2D eigenvalue weighted by molar-refractivity contribution is 5.74. The van der Waals surface area contributed by atoms with Gasteiger partial charge in [-0.25, -0.2) is 4.79 Å². The number of likely N-dealkylation sites (N-methyl/N-ethyl adjacent to an activating group) is 1. The highest BCUT2D eigenvalue weighted by atomic mass is 16.2. The Morgan fingerprint density at radius 1 is 1.43 bits per heavy atom. The van der Waals surface area contributed by atoms with E-state index in [0.29, 0.717) is 12.5 Å². The highest BCUT2D eigenvalue weighted by Gasteiger charge is 1.96. The zero-order chi connectivity index (χ0) is 11.0. The molecule has 0 aliphatic carbocycles. The minimum Gasteiger partial charge on any atom is -0.337 e. The molecule has 0 aromatic heterocycles. The molecule has 82 valence electrons. The van der Waals surface area contributed by atoms with Crippen LogP contribution in [0, 0.1) is 5.92 Å². The van der Waals surface area contributed by atoms with Gasteiger partial charge in [0.15, 0.2) is 0 Å². The van der Waals surface area contributed by atoms with Crippen LogP contribution in [-0.2, 0) is 0 Å². The van der Waals surface area contributed by atoms with Crippen LogP contribution in [0.25, 0.3) is 0 Å². The molecule has 4 nitrogen and oxygen atoms in total. The summed E-state index contributed by atoms with van der Waals surface area (Å²) in [6.07, 6.45) is 3.61. The molecule has 0 unspecified atom stereocenters. The summed E-state index contributed by atoms with van der Waals surface area (Å²) in [5, 5.41) is 5.38. The lowest BCUT2D eigenvalue weighted by molar-refractivity contribution is 0.242. The molecule has 2 N–H and O–H groups in total. The van der Waals surface area contributed by atoms with Crippen molar-refractivity contribution in [3.63, 3.8) is 0 Å². The van der Waals surface area contributed by atoms with Crippen LogP contribution in [0.2, 0.25) is 0 Å². The van der Waals surface area contributed by atoms with E-state index in [2.05, 4.69) is 24.5 Å². The standard InChI is InChI=1S/C10H21N3O/c1-9(2)5-6-11-10(14)12-7-8-13(3)4/h5-6,9H,7-8H2,1-4H3,(H2,11,12,14)/b6-5+. The van der Waals surface area contributed by atoms with Gasteiger partial charge in [-0.2, -0.15) is 0 Å². The Balaban J connectivity index is 3.46. The van der Waals surface area contributed by atoms with Gasteiger partial charge in [-0.05, 0) is 20.0 Å². The monoisotopic (exact) mass is 199 g/mol. The smallest absolute Gasteiger partial charge is 0.318 e. The molecular weight excluding hydrogens is 178 g/mol. The fourth-order valence-electron chi connectivity index (χ4n) is 0.760. The van der Waals surface area contributed by atoms with Gasteiger partial charge in [0.1, 0.15) is 0 Å². The zero-order valence-electron chi connectivity index (χ0n) is 9.50. The minimum atomic E-state index is -0.149. The summed E-state index contributed by atoms with van der Waals surface area (Å²) in [7, 11) is 3.94. The maximum absolute atomic E-state index is 11.1. The van der Waals surface area contributed by atoms with Crippen molar-refractivity contribution in [3.05, 3.63) is 12.3 Å². The van der Waals surface area contributed by atoms with Crippen molar-refractivity contribution in [2.45, 2.75) is 13.8 Å². The van der Waals surface area contributed by atoms with Gasteiger partial charge in [-0.15, -0.1) is 0 Å². The fraction of sp³-hybridized carbons (Fsp3) is 0.700. The van der Waals surface area contributed by atoms with Gasteiger partial charge in [0, 0.05) is 19.3 Å². The van der Waals surface area contributed by atoms with E-state index in [1.807, 2.05) is 25.1 Å². The Labute approximate surface area is 86.4 Å². The first kappa shape index (κ1) is 13.0. The molecule has 2 amide bonds. The molecule has 0 radical (unpaired) electrons. The molecule has 0 saturated heterocycles. The van der Waals surface area contributed by atoms with Crippen LogP contribution in [0.15, 0.2) is 12.3 Å². The second-order valence-corrected chi connectivity index (χ2v) is 3.81. The third-order valence-electron chi connectivity index (χ3n) is 1.54. The first-order valence-corrected chi connectivity index (χ1v) is 4.88. The molecule has 0 aliphatic rings. The Morgan fingerprint density at radius 3 is 2.57 bits per heavy atom. The molecule has 0 fully saturated rings. The van der Waals surface area contributed by atoms with Crippen LogP contribution in [0.1, 0.15) is 13.8 Å². The molecule has 0 atom stereocenters. The van der Waals surface area contributed by atoms with Crippen molar-refractivity contribution in [2.75, 3.05) is 27.2 Å². The Morgan fingerprint density at radius 2 is 2.07 bits per heavy atom. The number of carbonyl (C=O) groups is 1. The van der Waals surface area contributed by atoms with Crippen molar-refractivity contribution in [2.24, 2.45) is 5.92 Å². The van der Waals surface area contributed by atoms with Gasteiger partial charge in [0.25, 0.3) is 0 Å². The van der Waals surface area contributed by atoms with Gasteiger partial charge in [-0.1, -0.05) is 19.9 Å². The molecule has 0 saturated carbocycles. The predicted octanol–water partition coefficient (Wildman–Crippen LogP) is 1.02. The molecule has 4 heteroatoms. The van der Waals surface area contributed by atoms with Crippen LogP contribution in [0.4, 0.5) is 4.79 Å². The molecule has 0 spiro atoms. The second kappa shape index (κ2) is 7.38. The van der Waals surface area contributed by atoms with Gasteiger partial charge in [-0.3, -0.25) is 0 Å². The van der Waals surface area contributed by atoms with E-state index in [9.17, 15) is 4.79 Å². The van der Waals surface area contributed by atoms with Crippen molar-refractivity contribution in [1.29, 1.82) is 0 Å². The van der Waals surface area contributed by atoms with Crippen molar-refractivity contribution in [1.82, 2.24) is 15.5 Å². The maximum Gasteiger partial charge on any atom is 0.318 e. The van der Waals surface area contributed by atoms with Crippen molar-refractivity contribution >= 4 is 6.03 Å². The maximum atomic E-state index is 11.1. The van der Waals surface area contributed by atoms with Gasteiger partial charge >= 0.3 is 6.03 Å². The zero-order valence-corrected chi connectivity index (χ0v) is 9.50. The van der Waals surface area contributed by atoms with Gasteiger partial charge in [0.2, 0.25) is 0 Å². The van der Waals surface area contributed by atoms with Crippen LogP contribution in [-0.4, -0.2) is 38.1 Å². The number of carbonyl (C=O) groups excluding carboxylic acids is 1. The molecule has 0 heterocycles. The number of urea groups is 1. The third kappa shape index (κ3) is 9.06. The van der Waals surface area contributed by atoms with Crippen LogP contribution < -0.4 is 10.6 Å². The number of allylic oxidation sites excluding steroid dienone is 1. The Bertz CT molecular complexity index is 188. The van der Waals surface area contributed by atoms with E-state index in [4.69, 9.17) is 0 Å². The molecule has 14 heavy (non-hydrogen) atoms. The van der Waals surface area contributed by atoms with E-state index < -0.39 is 0 Å². The largest absolute Gasteiger partial charge is 0.337 e. The van der Waals surface area contributed by atoms with E-state index in [1.165, 1.54) is 0 Å². The molecular formula is C10H21N3O. The van der Waals surface area contributed by atoms with E-state index in [1.54, 1.807) is 6.20 Å². The highest BCUT2D eigenvalue weighted by Crippen LogP contribution is 1.90. The van der Waals surface area contributed by atoms with E-state index >= 15 is 0 Å². The first-order chi connectivity index (χ1) is 6.52. The summed E-state index contributed by atoms with van der Waals surface area (Å²) < 4.78 is 0. The third-order valence-corrected chi connectivity index (χ3v) is 1.54. The summed E-state index contributed by atoms with van der Waals surface area (Å²) in [6.45, 7) is 5.62. The lowest BCUT2D eigenvalue weighted by Gasteiger charge is -2.09. The number of nitrogens with zero attached hydrogens (tertiary/aromatic N) is 1. The number of hydrogen-bond acceptors (Lipinski definition) is 2. The van der Waals surface area contributed by atoms with E-state index in [-0.39, 0.29) is 6.03 Å². The molecule has 0 aromatic rings. The summed E-state index contributed by atoms with van der Waals surface area (Å²) in [5.41, 5.74) is 0. The number of rotatable bonds is 5. The Hall–Kier alpha value is -1.03. The van der Waals surface area contributed by atoms with Gasteiger partial charge in [0.05, 0.1) is 0 Å². The lowest BCUT2D eigenvalue weighted by atomic mass is 10.2. The topological polar surface area (TPSA) is 44.4 Å². The van der Waals surface area contributed by atoms with Gasteiger partial charge < -0.3 is 15.5 Å². The normalized spacial score (nSPS) is 11.3. The van der Waals surface area contributed by atoms with E-state index in [0.717, 1.165) is 6.54 Å². The SMILES string of the molecule is CC(C)/C=C/NC(=O)NCCN(C)C. The molecule has 0 bridgehead atoms. The summed E-state index contributed by atoms with van der Waals surface area (Å²) >= 11 is 0. The number of amides is 2. The summed E-state index contributed by atoms with van der Waals surface area (Å²) in [4.78, 5) is 13.1. The van der Waals surface area contributed by atoms with Crippen molar-refractivity contribution in [3.8, 4) is 0 Å². The summed E-state index contributed by atoms with van der Waals surface area (Å²) in [6, 6.07) is -0.149. The first-order valence-electron chi connectivity index (χ1n) is 4.88. The minimum absolute atomic E-state index is 0.149. The molecule has 0 rings (SSSR count). The van der Waals surface area contributed by atoms with Crippen molar-refractivity contribution < 1.29 is 4.79 Å². The van der Waals surface area contributed by atoms with Crippen LogP contribution in [0.5, 0.6) is 0 Å². The molecule has 0 aromatic carbocycles. The number of hydrogen-bond donors (Lipinski definition) is 2. The second-order valence-electron chi connectivity index (χ2n) is 3.81. The Kier molecular flexibility index (Phi) is 6.84. The van der Waals surface area contributed by atoms with Crippen LogP contribution >= 0.6 is 0 Å². The quantitative estimate of drug-likeness (QED) is 0.694. The molecule has 0 aliphatic heterocycles. The average Bonchev–Trinajstić information content (AvgIpc) is 2.02. The number of nitrogens with one attached hydrogen (secondary N) is 2. The predicted molar refractivity (Wildman–Crippen MR) is 59.1 cm³/mol. The summed E-state index contributed by atoms with van der Waals surface area (Å²) in [5.74, 6) is 0.456. The lowest BCUT2D eigenvalue weighted by Crippen LogP contribution is -2.36. The fourth-order valence-corrected chi connectivity index (χ4v) is 0.760. The average molecular weight is 199 g/mol.